The highest BCUT2D eigenvalue weighted by Gasteiger charge is 2.27. The van der Waals surface area contributed by atoms with Crippen LogP contribution in [0.1, 0.15) is 35.7 Å². The van der Waals surface area contributed by atoms with Gasteiger partial charge in [-0.1, -0.05) is 23.7 Å². The Morgan fingerprint density at radius 2 is 2.09 bits per heavy atom. The largest absolute Gasteiger partial charge is 0.439 e. The SMILES string of the molecule is C[C@H](OC(N)=O)C(=O)Cc1cccc(Cl)c1C(=O)NC1CC1. The van der Waals surface area contributed by atoms with E-state index in [1.54, 1.807) is 18.2 Å². The van der Waals surface area contributed by atoms with Gasteiger partial charge >= 0.3 is 6.09 Å². The third kappa shape index (κ3) is 4.21. The molecule has 0 spiro atoms. The van der Waals surface area contributed by atoms with Crippen molar-refractivity contribution in [1.29, 1.82) is 0 Å². The normalized spacial score (nSPS) is 15.0. The molecule has 6 nitrogen and oxygen atoms in total. The summed E-state index contributed by atoms with van der Waals surface area (Å²) >= 11 is 6.10. The van der Waals surface area contributed by atoms with E-state index in [0.717, 1.165) is 12.8 Å². The second-order valence-electron chi connectivity index (χ2n) is 5.24. The van der Waals surface area contributed by atoms with Crippen LogP contribution >= 0.6 is 11.6 Å². The van der Waals surface area contributed by atoms with Crippen LogP contribution in [0.15, 0.2) is 18.2 Å². The molecular formula is C15H17ClN2O4. The number of rotatable bonds is 6. The molecule has 0 aromatic heterocycles. The van der Waals surface area contributed by atoms with E-state index in [1.807, 2.05) is 0 Å². The Morgan fingerprint density at radius 3 is 2.68 bits per heavy atom. The van der Waals surface area contributed by atoms with Crippen LogP contribution < -0.4 is 11.1 Å². The summed E-state index contributed by atoms with van der Waals surface area (Å²) in [6.07, 6.45) is -0.154. The topological polar surface area (TPSA) is 98.5 Å². The van der Waals surface area contributed by atoms with E-state index < -0.39 is 12.2 Å². The number of hydrogen-bond donors (Lipinski definition) is 2. The fraction of sp³-hybridized carbons (Fsp3) is 0.400. The van der Waals surface area contributed by atoms with Crippen molar-refractivity contribution in [3.05, 3.63) is 34.3 Å². The summed E-state index contributed by atoms with van der Waals surface area (Å²) in [5, 5.41) is 3.13. The number of ketones is 1. The lowest BCUT2D eigenvalue weighted by Crippen LogP contribution is -2.30. The number of ether oxygens (including phenoxy) is 1. The molecule has 22 heavy (non-hydrogen) atoms. The number of carbonyl (C=O) groups is 3. The first-order chi connectivity index (χ1) is 10.4. The number of hydrogen-bond acceptors (Lipinski definition) is 4. The Balaban J connectivity index is 2.15. The lowest BCUT2D eigenvalue weighted by Gasteiger charge is -2.14. The van der Waals surface area contributed by atoms with Crippen LogP contribution in [0.3, 0.4) is 0 Å². The van der Waals surface area contributed by atoms with Crippen LogP contribution in [-0.4, -0.2) is 29.9 Å². The van der Waals surface area contributed by atoms with Crippen LogP contribution in [0.25, 0.3) is 0 Å². The van der Waals surface area contributed by atoms with Gasteiger partial charge in [-0.2, -0.15) is 0 Å². The van der Waals surface area contributed by atoms with Crippen molar-refractivity contribution >= 4 is 29.4 Å². The number of amides is 2. The zero-order valence-corrected chi connectivity index (χ0v) is 12.9. The molecule has 1 atom stereocenters. The highest BCUT2D eigenvalue weighted by atomic mass is 35.5. The Morgan fingerprint density at radius 1 is 1.41 bits per heavy atom. The smallest absolute Gasteiger partial charge is 0.405 e. The molecule has 0 aliphatic heterocycles. The van der Waals surface area contributed by atoms with Crippen molar-refractivity contribution in [1.82, 2.24) is 5.32 Å². The van der Waals surface area contributed by atoms with E-state index in [4.69, 9.17) is 17.3 Å². The molecule has 1 aromatic carbocycles. The molecular weight excluding hydrogens is 308 g/mol. The summed E-state index contributed by atoms with van der Waals surface area (Å²) < 4.78 is 4.65. The van der Waals surface area contributed by atoms with Gasteiger partial charge in [-0.25, -0.2) is 4.79 Å². The minimum absolute atomic E-state index is 0.0670. The lowest BCUT2D eigenvalue weighted by molar-refractivity contribution is -0.125. The predicted octanol–water partition coefficient (Wildman–Crippen LogP) is 1.83. The average Bonchev–Trinajstić information content (AvgIpc) is 3.21. The third-order valence-corrected chi connectivity index (χ3v) is 3.67. The van der Waals surface area contributed by atoms with Gasteiger partial charge in [-0.15, -0.1) is 0 Å². The van der Waals surface area contributed by atoms with Gasteiger partial charge < -0.3 is 15.8 Å². The molecule has 3 N–H and O–H groups in total. The van der Waals surface area contributed by atoms with Gasteiger partial charge in [0, 0.05) is 12.5 Å². The average molecular weight is 325 g/mol. The zero-order valence-electron chi connectivity index (χ0n) is 12.1. The highest BCUT2D eigenvalue weighted by molar-refractivity contribution is 6.34. The standard InChI is InChI=1S/C15H17ClN2O4/c1-8(22-15(17)21)12(19)7-9-3-2-4-11(16)13(9)14(20)18-10-5-6-10/h2-4,8,10H,5-7H2,1H3,(H2,17,21)(H,18,20)/t8-/m0/s1. The predicted molar refractivity (Wildman–Crippen MR) is 80.8 cm³/mol. The van der Waals surface area contributed by atoms with Crippen molar-refractivity contribution in [3.8, 4) is 0 Å². The second-order valence-corrected chi connectivity index (χ2v) is 5.65. The maximum absolute atomic E-state index is 12.3. The van der Waals surface area contributed by atoms with E-state index in [2.05, 4.69) is 10.1 Å². The molecule has 0 radical (unpaired) electrons. The molecule has 0 heterocycles. The van der Waals surface area contributed by atoms with E-state index >= 15 is 0 Å². The first-order valence-electron chi connectivity index (χ1n) is 6.95. The van der Waals surface area contributed by atoms with Crippen molar-refractivity contribution < 1.29 is 19.1 Å². The van der Waals surface area contributed by atoms with Crippen molar-refractivity contribution in [2.75, 3.05) is 0 Å². The number of nitrogens with two attached hydrogens (primary N) is 1. The molecule has 1 aliphatic rings. The number of carbonyl (C=O) groups excluding carboxylic acids is 3. The third-order valence-electron chi connectivity index (χ3n) is 3.35. The summed E-state index contributed by atoms with van der Waals surface area (Å²) in [7, 11) is 0. The Bertz CT molecular complexity index is 614. The molecule has 0 saturated heterocycles. The van der Waals surface area contributed by atoms with E-state index in [0.29, 0.717) is 5.56 Å². The minimum atomic E-state index is -1.02. The number of halogens is 1. The summed E-state index contributed by atoms with van der Waals surface area (Å²) in [5.41, 5.74) is 5.67. The monoisotopic (exact) mass is 324 g/mol. The highest BCUT2D eigenvalue weighted by Crippen LogP contribution is 2.24. The molecule has 0 bridgehead atoms. The first kappa shape index (κ1) is 16.3. The van der Waals surface area contributed by atoms with Crippen molar-refractivity contribution in [2.45, 2.75) is 38.3 Å². The number of benzene rings is 1. The lowest BCUT2D eigenvalue weighted by atomic mass is 9.99. The molecule has 2 rings (SSSR count). The summed E-state index contributed by atoms with van der Waals surface area (Å²) in [6.45, 7) is 1.43. The molecule has 7 heteroatoms. The molecule has 0 unspecified atom stereocenters. The number of nitrogens with one attached hydrogen (secondary N) is 1. The van der Waals surface area contributed by atoms with Gasteiger partial charge in [0.2, 0.25) is 0 Å². The molecule has 1 aliphatic carbocycles. The molecule has 2 amide bonds. The van der Waals surface area contributed by atoms with Gasteiger partial charge in [-0.3, -0.25) is 9.59 Å². The fourth-order valence-corrected chi connectivity index (χ4v) is 2.31. The van der Waals surface area contributed by atoms with Crippen LogP contribution in [0.2, 0.25) is 5.02 Å². The summed E-state index contributed by atoms with van der Waals surface area (Å²) in [6, 6.07) is 5.10. The molecule has 1 aromatic rings. The van der Waals surface area contributed by atoms with Crippen LogP contribution in [0.4, 0.5) is 4.79 Å². The van der Waals surface area contributed by atoms with E-state index in [1.165, 1.54) is 6.92 Å². The Labute approximate surface area is 133 Å². The van der Waals surface area contributed by atoms with Crippen LogP contribution in [0, 0.1) is 0 Å². The quantitative estimate of drug-likeness (QED) is 0.834. The number of primary amides is 1. The molecule has 1 saturated carbocycles. The fourth-order valence-electron chi connectivity index (χ4n) is 2.03. The minimum Gasteiger partial charge on any atom is -0.439 e. The molecule has 118 valence electrons. The Kier molecular flexibility index (Phi) is 5.03. The zero-order chi connectivity index (χ0) is 16.3. The van der Waals surface area contributed by atoms with Crippen LogP contribution in [-0.2, 0) is 16.0 Å². The molecule has 1 fully saturated rings. The van der Waals surface area contributed by atoms with Gasteiger partial charge in [0.15, 0.2) is 11.9 Å². The first-order valence-corrected chi connectivity index (χ1v) is 7.33. The van der Waals surface area contributed by atoms with Gasteiger partial charge in [-0.05, 0) is 31.4 Å². The maximum Gasteiger partial charge on any atom is 0.405 e. The van der Waals surface area contributed by atoms with Gasteiger partial charge in [0.1, 0.15) is 0 Å². The van der Waals surface area contributed by atoms with E-state index in [-0.39, 0.29) is 34.7 Å². The summed E-state index contributed by atoms with van der Waals surface area (Å²) in [4.78, 5) is 35.0. The Hall–Kier alpha value is -2.08. The van der Waals surface area contributed by atoms with Crippen LogP contribution in [0.5, 0.6) is 0 Å². The van der Waals surface area contributed by atoms with Crippen molar-refractivity contribution in [3.63, 3.8) is 0 Å². The second kappa shape index (κ2) is 6.79. The maximum atomic E-state index is 12.3. The van der Waals surface area contributed by atoms with E-state index in [9.17, 15) is 14.4 Å². The number of Topliss-reactive ketones (excluding diaryl/α,β-unsaturated/α-hetero) is 1. The van der Waals surface area contributed by atoms with Gasteiger partial charge in [0.25, 0.3) is 5.91 Å². The summed E-state index contributed by atoms with van der Waals surface area (Å²) in [5.74, 6) is -0.652. The van der Waals surface area contributed by atoms with Gasteiger partial charge in [0.05, 0.1) is 10.6 Å². The van der Waals surface area contributed by atoms with Crippen molar-refractivity contribution in [2.24, 2.45) is 5.73 Å².